The average Bonchev–Trinajstić information content (AvgIpc) is 2.68. The molecular formula is C20H18N2O4S. The van der Waals surface area contributed by atoms with Crippen LogP contribution in [0.15, 0.2) is 77.7 Å². The lowest BCUT2D eigenvalue weighted by Gasteiger charge is -2.22. The van der Waals surface area contributed by atoms with Crippen LogP contribution in [0, 0.1) is 17.0 Å². The first-order chi connectivity index (χ1) is 12.8. The quantitative estimate of drug-likeness (QED) is 0.484. The highest BCUT2D eigenvalue weighted by molar-refractivity contribution is 7.92. The molecule has 0 radical (unpaired) electrons. The van der Waals surface area contributed by atoms with Gasteiger partial charge in [-0.1, -0.05) is 54.6 Å². The van der Waals surface area contributed by atoms with Crippen molar-refractivity contribution in [2.45, 2.75) is 11.8 Å². The Morgan fingerprint density at radius 3 is 2.22 bits per heavy atom. The number of nitro benzene ring substituents is 1. The van der Waals surface area contributed by atoms with Crippen LogP contribution in [0.2, 0.25) is 0 Å². The highest BCUT2D eigenvalue weighted by Gasteiger charge is 2.26. The maximum absolute atomic E-state index is 13.1. The summed E-state index contributed by atoms with van der Waals surface area (Å²) in [5, 5.41) is 11.2. The Kier molecular flexibility index (Phi) is 4.96. The zero-order valence-electron chi connectivity index (χ0n) is 14.9. The van der Waals surface area contributed by atoms with Crippen molar-refractivity contribution in [3.63, 3.8) is 0 Å². The summed E-state index contributed by atoms with van der Waals surface area (Å²) in [6.07, 6.45) is 0. The molecule has 3 aromatic carbocycles. The third kappa shape index (κ3) is 3.54. The largest absolute Gasteiger partial charge is 0.273 e. The molecule has 0 aliphatic carbocycles. The van der Waals surface area contributed by atoms with Crippen LogP contribution in [0.4, 0.5) is 11.4 Å². The van der Waals surface area contributed by atoms with E-state index < -0.39 is 14.9 Å². The van der Waals surface area contributed by atoms with Crippen molar-refractivity contribution >= 4 is 21.4 Å². The zero-order chi connectivity index (χ0) is 19.6. The third-order valence-electron chi connectivity index (χ3n) is 4.36. The lowest BCUT2D eigenvalue weighted by Crippen LogP contribution is -2.27. The molecular weight excluding hydrogens is 364 g/mol. The van der Waals surface area contributed by atoms with Crippen molar-refractivity contribution in [1.82, 2.24) is 0 Å². The van der Waals surface area contributed by atoms with Gasteiger partial charge in [-0.05, 0) is 24.6 Å². The number of hydrogen-bond acceptors (Lipinski definition) is 4. The minimum absolute atomic E-state index is 0.120. The second-order valence-corrected chi connectivity index (χ2v) is 8.03. The highest BCUT2D eigenvalue weighted by Crippen LogP contribution is 2.33. The fraction of sp³-hybridized carbons (Fsp3) is 0.100. The summed E-state index contributed by atoms with van der Waals surface area (Å²) >= 11 is 0. The van der Waals surface area contributed by atoms with E-state index in [0.717, 1.165) is 21.5 Å². The lowest BCUT2D eigenvalue weighted by atomic mass is 10.0. The summed E-state index contributed by atoms with van der Waals surface area (Å²) in [6, 6.07) is 20.5. The molecule has 0 N–H and O–H groups in total. The summed E-state index contributed by atoms with van der Waals surface area (Å²) in [7, 11) is -2.52. The maximum atomic E-state index is 13.1. The Balaban J connectivity index is 2.10. The van der Waals surface area contributed by atoms with Gasteiger partial charge in [-0.25, -0.2) is 8.42 Å². The molecule has 0 aliphatic heterocycles. The number of hydrogen-bond donors (Lipinski definition) is 0. The van der Waals surface area contributed by atoms with Gasteiger partial charge in [0, 0.05) is 24.2 Å². The third-order valence-corrected chi connectivity index (χ3v) is 6.13. The predicted molar refractivity (Wildman–Crippen MR) is 105 cm³/mol. The van der Waals surface area contributed by atoms with Gasteiger partial charge in [0.25, 0.3) is 15.7 Å². The molecule has 0 fully saturated rings. The Hall–Kier alpha value is -3.19. The minimum atomic E-state index is -3.97. The minimum Gasteiger partial charge on any atom is -0.269 e. The fourth-order valence-electron chi connectivity index (χ4n) is 2.84. The molecule has 0 unspecified atom stereocenters. The molecule has 0 amide bonds. The van der Waals surface area contributed by atoms with E-state index in [-0.39, 0.29) is 10.6 Å². The Morgan fingerprint density at radius 1 is 0.926 bits per heavy atom. The molecule has 0 spiro atoms. The van der Waals surface area contributed by atoms with Gasteiger partial charge in [0.2, 0.25) is 0 Å². The molecule has 0 saturated heterocycles. The summed E-state index contributed by atoms with van der Waals surface area (Å²) < 4.78 is 27.4. The van der Waals surface area contributed by atoms with Gasteiger partial charge < -0.3 is 0 Å². The van der Waals surface area contributed by atoms with E-state index in [2.05, 4.69) is 0 Å². The molecule has 0 atom stereocenters. The first-order valence-electron chi connectivity index (χ1n) is 8.21. The Bertz CT molecular complexity index is 1100. The summed E-state index contributed by atoms with van der Waals surface area (Å²) in [6.45, 7) is 1.57. The summed E-state index contributed by atoms with van der Waals surface area (Å²) in [4.78, 5) is 10.5. The van der Waals surface area contributed by atoms with Gasteiger partial charge in [0.05, 0.1) is 15.5 Å². The number of nitro groups is 1. The predicted octanol–water partition coefficient (Wildman–Crippen LogP) is 4.40. The van der Waals surface area contributed by atoms with E-state index in [0.29, 0.717) is 11.3 Å². The van der Waals surface area contributed by atoms with Gasteiger partial charge in [0.1, 0.15) is 0 Å². The van der Waals surface area contributed by atoms with Crippen molar-refractivity contribution < 1.29 is 13.3 Å². The molecule has 27 heavy (non-hydrogen) atoms. The maximum Gasteiger partial charge on any atom is 0.273 e. The zero-order valence-corrected chi connectivity index (χ0v) is 15.7. The van der Waals surface area contributed by atoms with E-state index in [4.69, 9.17) is 0 Å². The molecule has 3 rings (SSSR count). The number of nitrogens with zero attached hydrogens (tertiary/aromatic N) is 2. The van der Waals surface area contributed by atoms with E-state index >= 15 is 0 Å². The molecule has 3 aromatic rings. The summed E-state index contributed by atoms with van der Waals surface area (Å²) in [5.41, 5.74) is 2.31. The molecule has 6 nitrogen and oxygen atoms in total. The van der Waals surface area contributed by atoms with Gasteiger partial charge in [-0.15, -0.1) is 0 Å². The van der Waals surface area contributed by atoms with Gasteiger partial charge in [-0.3, -0.25) is 14.4 Å². The van der Waals surface area contributed by atoms with Crippen molar-refractivity contribution in [2.75, 3.05) is 11.4 Å². The van der Waals surface area contributed by atoms with Crippen molar-refractivity contribution in [3.05, 3.63) is 88.5 Å². The second-order valence-electron chi connectivity index (χ2n) is 6.06. The Labute approximate surface area is 157 Å². The average molecular weight is 382 g/mol. The fourth-order valence-corrected chi connectivity index (χ4v) is 4.08. The van der Waals surface area contributed by atoms with Gasteiger partial charge in [0.15, 0.2) is 0 Å². The number of anilines is 1. The van der Waals surface area contributed by atoms with E-state index in [1.807, 2.05) is 42.5 Å². The normalized spacial score (nSPS) is 11.2. The van der Waals surface area contributed by atoms with Gasteiger partial charge in [-0.2, -0.15) is 0 Å². The van der Waals surface area contributed by atoms with Crippen molar-refractivity contribution in [2.24, 2.45) is 0 Å². The SMILES string of the molecule is Cc1ccc(S(=O)(=O)N(C)c2ccccc2-c2ccccc2)cc1[N+](=O)[O-]. The van der Waals surface area contributed by atoms with Crippen LogP contribution in [0.1, 0.15) is 5.56 Å². The molecule has 138 valence electrons. The molecule has 0 aliphatic rings. The highest BCUT2D eigenvalue weighted by atomic mass is 32.2. The van der Waals surface area contributed by atoms with Crippen LogP contribution in [-0.2, 0) is 10.0 Å². The summed E-state index contributed by atoms with van der Waals surface area (Å²) in [5.74, 6) is 0. The van der Waals surface area contributed by atoms with Crippen molar-refractivity contribution in [3.8, 4) is 11.1 Å². The van der Waals surface area contributed by atoms with E-state index in [1.54, 1.807) is 19.1 Å². The molecule has 0 heterocycles. The number of para-hydroxylation sites is 1. The monoisotopic (exact) mass is 382 g/mol. The number of sulfonamides is 1. The van der Waals surface area contributed by atoms with Crippen molar-refractivity contribution in [1.29, 1.82) is 0 Å². The number of benzene rings is 3. The van der Waals surface area contributed by atoms with Crippen LogP contribution < -0.4 is 4.31 Å². The number of aryl methyl sites for hydroxylation is 1. The first-order valence-corrected chi connectivity index (χ1v) is 9.65. The van der Waals surface area contributed by atoms with Gasteiger partial charge >= 0.3 is 0 Å². The Morgan fingerprint density at radius 2 is 1.56 bits per heavy atom. The standard InChI is InChI=1S/C20H18N2O4S/c1-15-12-13-17(14-20(15)22(23)24)27(25,26)21(2)19-11-7-6-10-18(19)16-8-4-3-5-9-16/h3-14H,1-2H3. The molecule has 0 bridgehead atoms. The first kappa shape index (κ1) is 18.6. The van der Waals surface area contributed by atoms with Crippen LogP contribution in [0.25, 0.3) is 11.1 Å². The van der Waals surface area contributed by atoms with E-state index in [9.17, 15) is 18.5 Å². The smallest absolute Gasteiger partial charge is 0.269 e. The molecule has 0 aromatic heterocycles. The molecule has 7 heteroatoms. The van der Waals surface area contributed by atoms with Crippen LogP contribution in [-0.4, -0.2) is 20.4 Å². The van der Waals surface area contributed by atoms with Crippen LogP contribution in [0.5, 0.6) is 0 Å². The van der Waals surface area contributed by atoms with E-state index in [1.165, 1.54) is 19.2 Å². The second kappa shape index (κ2) is 7.20. The topological polar surface area (TPSA) is 80.5 Å². The lowest BCUT2D eigenvalue weighted by molar-refractivity contribution is -0.385. The van der Waals surface area contributed by atoms with Crippen LogP contribution in [0.3, 0.4) is 0 Å². The molecule has 0 saturated carbocycles. The number of rotatable bonds is 5. The van der Waals surface area contributed by atoms with Crippen LogP contribution >= 0.6 is 0 Å².